The lowest BCUT2D eigenvalue weighted by Crippen LogP contribution is -2.51. The van der Waals surface area contributed by atoms with Crippen LogP contribution in [0, 0.1) is 0 Å². The summed E-state index contributed by atoms with van der Waals surface area (Å²) in [5, 5.41) is 10.6. The number of anilines is 1. The highest BCUT2D eigenvalue weighted by atomic mass is 19.4. The maximum atomic E-state index is 13.5. The van der Waals surface area contributed by atoms with E-state index in [4.69, 9.17) is 14.7 Å². The van der Waals surface area contributed by atoms with Gasteiger partial charge in [0, 0.05) is 64.3 Å². The largest absolute Gasteiger partial charge is 0.419 e. The molecule has 5 heterocycles. The van der Waals surface area contributed by atoms with E-state index in [2.05, 4.69) is 14.8 Å². The van der Waals surface area contributed by atoms with Crippen LogP contribution in [0.25, 0.3) is 0 Å². The van der Waals surface area contributed by atoms with Crippen LogP contribution in [0.1, 0.15) is 12.0 Å². The fourth-order valence-electron chi connectivity index (χ4n) is 4.40. The summed E-state index contributed by atoms with van der Waals surface area (Å²) < 4.78 is 45.9. The van der Waals surface area contributed by atoms with Gasteiger partial charge in [-0.05, 0) is 29.9 Å². The monoisotopic (exact) mass is 489 g/mol. The lowest BCUT2D eigenvalue weighted by molar-refractivity contribution is -0.137. The molecular weight excluding hydrogens is 463 g/mol. The number of halogens is 3. The first-order valence-electron chi connectivity index (χ1n) is 11.5. The third-order valence-electron chi connectivity index (χ3n) is 6.27. The highest BCUT2D eigenvalue weighted by molar-refractivity contribution is 6.00. The molecule has 35 heavy (non-hydrogen) atoms. The normalized spacial score (nSPS) is 21.5. The van der Waals surface area contributed by atoms with Crippen LogP contribution in [-0.2, 0) is 10.9 Å². The Balaban J connectivity index is 1.36. The van der Waals surface area contributed by atoms with Crippen molar-refractivity contribution in [3.8, 4) is 0 Å². The van der Waals surface area contributed by atoms with Crippen molar-refractivity contribution in [1.82, 2.24) is 19.8 Å². The summed E-state index contributed by atoms with van der Waals surface area (Å²) in [5.41, 5.74) is 0.977. The van der Waals surface area contributed by atoms with Gasteiger partial charge in [-0.1, -0.05) is 0 Å². The first-order chi connectivity index (χ1) is 16.9. The minimum absolute atomic E-state index is 0.0327. The molecule has 0 unspecified atom stereocenters. The van der Waals surface area contributed by atoms with E-state index in [9.17, 15) is 18.4 Å². The Hall–Kier alpha value is -3.38. The number of nitrogens with zero attached hydrogens (tertiary/aromatic N) is 7. The van der Waals surface area contributed by atoms with E-state index < -0.39 is 11.7 Å². The van der Waals surface area contributed by atoms with E-state index in [0.717, 1.165) is 28.2 Å². The van der Waals surface area contributed by atoms with Gasteiger partial charge in [0.2, 0.25) is 5.96 Å². The molecule has 4 aliphatic heterocycles. The van der Waals surface area contributed by atoms with Gasteiger partial charge in [0.1, 0.15) is 11.7 Å². The number of hydrogen-bond acceptors (Lipinski definition) is 9. The molecule has 2 fully saturated rings. The molecule has 2 saturated heterocycles. The van der Waals surface area contributed by atoms with Gasteiger partial charge < -0.3 is 19.4 Å². The molecule has 0 aromatic carbocycles. The van der Waals surface area contributed by atoms with Crippen LogP contribution in [0.2, 0.25) is 0 Å². The zero-order valence-electron chi connectivity index (χ0n) is 19.0. The number of ether oxygens (including phenoxy) is 1. The Kier molecular flexibility index (Phi) is 6.48. The van der Waals surface area contributed by atoms with Crippen LogP contribution in [0.3, 0.4) is 0 Å². The first kappa shape index (κ1) is 23.4. The maximum Gasteiger partial charge on any atom is 0.419 e. The molecular formula is C23H26F3N7O2. The fourth-order valence-corrected chi connectivity index (χ4v) is 4.40. The molecule has 0 amide bonds. The predicted molar refractivity (Wildman–Crippen MR) is 124 cm³/mol. The minimum Gasteiger partial charge on any atom is -0.378 e. The van der Waals surface area contributed by atoms with E-state index in [0.29, 0.717) is 64.9 Å². The van der Waals surface area contributed by atoms with E-state index in [-0.39, 0.29) is 5.82 Å². The van der Waals surface area contributed by atoms with Gasteiger partial charge in [-0.25, -0.2) is 15.0 Å². The van der Waals surface area contributed by atoms with Gasteiger partial charge in [0.05, 0.1) is 24.5 Å². The maximum absolute atomic E-state index is 13.5. The van der Waals surface area contributed by atoms with Gasteiger partial charge in [0.15, 0.2) is 0 Å². The number of guanidine groups is 1. The molecule has 1 aromatic rings. The Morgan fingerprint density at radius 3 is 2.26 bits per heavy atom. The predicted octanol–water partition coefficient (Wildman–Crippen LogP) is 2.70. The SMILES string of the molecule is ON1C=CC(=C2CC(N3CCN(c4ncccc4C(F)(F)F)CC3)=NC(N3CCOCC3)=N2)C=C1. The number of piperazine rings is 1. The van der Waals surface area contributed by atoms with Gasteiger partial charge in [-0.3, -0.25) is 5.21 Å². The Bertz CT molecular complexity index is 1080. The lowest BCUT2D eigenvalue weighted by Gasteiger charge is -2.39. The quantitative estimate of drug-likeness (QED) is 0.650. The van der Waals surface area contributed by atoms with Crippen molar-refractivity contribution in [2.24, 2.45) is 9.98 Å². The summed E-state index contributed by atoms with van der Waals surface area (Å²) in [5.74, 6) is 1.40. The van der Waals surface area contributed by atoms with Crippen molar-refractivity contribution < 1.29 is 23.1 Å². The van der Waals surface area contributed by atoms with Crippen LogP contribution < -0.4 is 4.90 Å². The first-order valence-corrected chi connectivity index (χ1v) is 11.5. The Morgan fingerprint density at radius 1 is 0.886 bits per heavy atom. The summed E-state index contributed by atoms with van der Waals surface area (Å²) in [6.07, 6.45) is 4.09. The van der Waals surface area contributed by atoms with Gasteiger partial charge in [-0.15, -0.1) is 0 Å². The average Bonchev–Trinajstić information content (AvgIpc) is 2.89. The van der Waals surface area contributed by atoms with Gasteiger partial charge >= 0.3 is 6.18 Å². The summed E-state index contributed by atoms with van der Waals surface area (Å²) >= 11 is 0. The molecule has 0 aliphatic carbocycles. The van der Waals surface area contributed by atoms with Crippen molar-refractivity contribution in [3.05, 3.63) is 59.7 Å². The standard InChI is InChI=1S/C23H26F3N7O2/c24-23(25,26)18-2-1-5-27-21(18)31-10-8-30(9-11-31)20-16-19(17-3-6-33(34)7-4-17)28-22(29-20)32-12-14-35-15-13-32/h1-7,34H,8-16H2. The van der Waals surface area contributed by atoms with Crippen molar-refractivity contribution in [3.63, 3.8) is 0 Å². The van der Waals surface area contributed by atoms with Crippen LogP contribution in [0.15, 0.2) is 64.1 Å². The van der Waals surface area contributed by atoms with Crippen molar-refractivity contribution >= 4 is 17.6 Å². The Morgan fingerprint density at radius 2 is 1.57 bits per heavy atom. The highest BCUT2D eigenvalue weighted by Crippen LogP contribution is 2.35. The molecule has 0 radical (unpaired) electrons. The van der Waals surface area contributed by atoms with E-state index >= 15 is 0 Å². The van der Waals surface area contributed by atoms with E-state index in [1.165, 1.54) is 12.3 Å². The molecule has 1 N–H and O–H groups in total. The second-order valence-corrected chi connectivity index (χ2v) is 8.48. The molecule has 5 rings (SSSR count). The van der Waals surface area contributed by atoms with Crippen LogP contribution in [0.5, 0.6) is 0 Å². The summed E-state index contributed by atoms with van der Waals surface area (Å²) in [6, 6.07) is 2.38. The van der Waals surface area contributed by atoms with E-state index in [1.54, 1.807) is 29.5 Å². The third-order valence-corrected chi connectivity index (χ3v) is 6.27. The number of rotatable bonds is 1. The molecule has 4 aliphatic rings. The zero-order valence-corrected chi connectivity index (χ0v) is 19.0. The topological polar surface area (TPSA) is 80.0 Å². The summed E-state index contributed by atoms with van der Waals surface area (Å²) in [4.78, 5) is 19.6. The number of allylic oxidation sites excluding steroid dienone is 3. The minimum atomic E-state index is -4.45. The number of aromatic nitrogens is 1. The number of hydroxylamine groups is 2. The van der Waals surface area contributed by atoms with Crippen molar-refractivity contribution in [2.75, 3.05) is 57.4 Å². The number of amidine groups is 1. The van der Waals surface area contributed by atoms with Crippen LogP contribution in [0.4, 0.5) is 19.0 Å². The number of aliphatic imine (C=N–C) groups is 2. The fraction of sp³-hybridized carbons (Fsp3) is 0.435. The Labute approximate surface area is 200 Å². The molecule has 186 valence electrons. The van der Waals surface area contributed by atoms with Crippen LogP contribution in [-0.4, -0.2) is 89.3 Å². The van der Waals surface area contributed by atoms with Gasteiger partial charge in [-0.2, -0.15) is 18.2 Å². The van der Waals surface area contributed by atoms with Crippen molar-refractivity contribution in [1.29, 1.82) is 0 Å². The van der Waals surface area contributed by atoms with Gasteiger partial charge in [0.25, 0.3) is 0 Å². The smallest absolute Gasteiger partial charge is 0.378 e. The zero-order chi connectivity index (χ0) is 24.4. The lowest BCUT2D eigenvalue weighted by atomic mass is 10.1. The third kappa shape index (κ3) is 5.17. The highest BCUT2D eigenvalue weighted by Gasteiger charge is 2.36. The molecule has 1 aromatic heterocycles. The molecule has 12 heteroatoms. The number of hydrogen-bond donors (Lipinski definition) is 1. The molecule has 9 nitrogen and oxygen atoms in total. The summed E-state index contributed by atoms with van der Waals surface area (Å²) in [7, 11) is 0. The van der Waals surface area contributed by atoms with Crippen molar-refractivity contribution in [2.45, 2.75) is 12.6 Å². The number of morpholine rings is 1. The summed E-state index contributed by atoms with van der Waals surface area (Å²) in [6.45, 7) is 4.38. The van der Waals surface area contributed by atoms with E-state index in [1.807, 2.05) is 0 Å². The molecule has 0 saturated carbocycles. The molecule has 0 atom stereocenters. The van der Waals surface area contributed by atoms with Crippen LogP contribution >= 0.6 is 0 Å². The second-order valence-electron chi connectivity index (χ2n) is 8.48. The number of pyridine rings is 1. The molecule has 0 bridgehead atoms. The average molecular weight is 490 g/mol. The second kappa shape index (κ2) is 9.70. The number of alkyl halides is 3. The molecule has 0 spiro atoms.